The molecule has 5 rings (SSSR count). The lowest BCUT2D eigenvalue weighted by Crippen LogP contribution is -2.37. The Kier molecular flexibility index (Phi) is 4.54. The number of aromatic amines is 1. The van der Waals surface area contributed by atoms with Gasteiger partial charge in [-0.1, -0.05) is 24.3 Å². The Morgan fingerprint density at radius 2 is 2.13 bits per heavy atom. The van der Waals surface area contributed by atoms with Crippen LogP contribution in [0, 0.1) is 5.82 Å². The molecule has 0 fully saturated rings. The number of carbonyl (C=O) groups is 1. The number of anilines is 1. The average Bonchev–Trinajstić information content (AvgIpc) is 3.27. The van der Waals surface area contributed by atoms with Gasteiger partial charge in [0.15, 0.2) is 11.6 Å². The fraction of sp³-hybridized carbons (Fsp3) is 0.250. The molecular weight excluding hydrogens is 395 g/mol. The van der Waals surface area contributed by atoms with E-state index in [4.69, 9.17) is 15.5 Å². The van der Waals surface area contributed by atoms with Gasteiger partial charge in [-0.15, -0.1) is 0 Å². The highest BCUT2D eigenvalue weighted by Gasteiger charge is 2.32. The van der Waals surface area contributed by atoms with Gasteiger partial charge in [0.1, 0.15) is 5.82 Å². The number of aromatic nitrogens is 2. The molecule has 1 aliphatic heterocycles. The summed E-state index contributed by atoms with van der Waals surface area (Å²) in [5.41, 5.74) is 10.2. The molecular formula is C24H23FN4O2. The van der Waals surface area contributed by atoms with E-state index < -0.39 is 5.82 Å². The summed E-state index contributed by atoms with van der Waals surface area (Å²) >= 11 is 0. The lowest BCUT2D eigenvalue weighted by atomic mass is 10.0. The first-order valence-electron chi connectivity index (χ1n) is 10.3. The fourth-order valence-electron chi connectivity index (χ4n) is 4.62. The predicted octanol–water partition coefficient (Wildman–Crippen LogP) is 3.69. The summed E-state index contributed by atoms with van der Waals surface area (Å²) in [4.78, 5) is 22.1. The van der Waals surface area contributed by atoms with Crippen LogP contribution in [0.4, 0.5) is 10.2 Å². The van der Waals surface area contributed by atoms with Gasteiger partial charge in [-0.3, -0.25) is 4.79 Å². The minimum Gasteiger partial charge on any atom is -0.494 e. The Balaban J connectivity index is 1.72. The van der Waals surface area contributed by atoms with Crippen molar-refractivity contribution >= 4 is 33.5 Å². The van der Waals surface area contributed by atoms with Gasteiger partial charge in [0, 0.05) is 34.3 Å². The highest BCUT2D eigenvalue weighted by molar-refractivity contribution is 6.11. The summed E-state index contributed by atoms with van der Waals surface area (Å²) in [7, 11) is 1.45. The normalized spacial score (nSPS) is 15.6. The number of methoxy groups -OCH3 is 1. The number of H-pyrrole nitrogens is 1. The summed E-state index contributed by atoms with van der Waals surface area (Å²) in [6, 6.07) is 13.2. The van der Waals surface area contributed by atoms with Crippen molar-refractivity contribution in [2.75, 3.05) is 18.6 Å². The molecule has 0 saturated heterocycles. The van der Waals surface area contributed by atoms with Crippen molar-refractivity contribution in [3.63, 3.8) is 0 Å². The molecule has 0 bridgehead atoms. The van der Waals surface area contributed by atoms with Crippen LogP contribution in [0.15, 0.2) is 42.5 Å². The van der Waals surface area contributed by atoms with E-state index in [1.54, 1.807) is 6.07 Å². The van der Waals surface area contributed by atoms with E-state index in [0.29, 0.717) is 6.42 Å². The average molecular weight is 418 g/mol. The van der Waals surface area contributed by atoms with E-state index in [-0.39, 0.29) is 24.2 Å². The number of nitrogens with one attached hydrogen (secondary N) is 1. The van der Waals surface area contributed by atoms with E-state index >= 15 is 0 Å². The van der Waals surface area contributed by atoms with Crippen molar-refractivity contribution in [1.29, 1.82) is 0 Å². The number of hydrogen-bond acceptors (Lipinski definition) is 4. The van der Waals surface area contributed by atoms with Crippen LogP contribution in [-0.4, -0.2) is 35.6 Å². The fourth-order valence-corrected chi connectivity index (χ4v) is 4.62. The molecule has 1 unspecified atom stereocenters. The third-order valence-electron chi connectivity index (χ3n) is 6.02. The van der Waals surface area contributed by atoms with E-state index in [9.17, 15) is 9.18 Å². The maximum absolute atomic E-state index is 14.3. The van der Waals surface area contributed by atoms with Crippen molar-refractivity contribution in [1.82, 2.24) is 9.97 Å². The number of amides is 1. The molecule has 2 aromatic heterocycles. The topological polar surface area (TPSA) is 84.2 Å². The number of hydrogen-bond donors (Lipinski definition) is 2. The zero-order valence-electron chi connectivity index (χ0n) is 17.4. The first-order chi connectivity index (χ1) is 15.0. The zero-order chi connectivity index (χ0) is 21.7. The van der Waals surface area contributed by atoms with Crippen molar-refractivity contribution in [2.24, 2.45) is 5.73 Å². The second kappa shape index (κ2) is 7.27. The Labute approximate surface area is 178 Å². The SMILES string of the molecule is COc1ccc(Cc2nc3c(c4c2[nH]c2ccccc24)CC(C)N3CC(N)=O)cc1F. The molecule has 0 radical (unpaired) electrons. The minimum atomic E-state index is -0.405. The van der Waals surface area contributed by atoms with Gasteiger partial charge in [-0.25, -0.2) is 9.37 Å². The van der Waals surface area contributed by atoms with Crippen molar-refractivity contribution in [3.05, 3.63) is 65.1 Å². The molecule has 1 amide bonds. The molecule has 4 aromatic rings. The molecule has 158 valence electrons. The summed E-state index contributed by atoms with van der Waals surface area (Å²) in [5, 5.41) is 2.23. The van der Waals surface area contributed by atoms with Crippen LogP contribution in [0.25, 0.3) is 21.8 Å². The number of nitrogens with two attached hydrogens (primary N) is 1. The third kappa shape index (κ3) is 3.17. The van der Waals surface area contributed by atoms with Gasteiger partial charge < -0.3 is 20.4 Å². The first-order valence-corrected chi connectivity index (χ1v) is 10.3. The molecule has 31 heavy (non-hydrogen) atoms. The molecule has 3 N–H and O–H groups in total. The predicted molar refractivity (Wildman–Crippen MR) is 119 cm³/mol. The largest absolute Gasteiger partial charge is 0.494 e. The van der Waals surface area contributed by atoms with E-state index in [0.717, 1.165) is 50.9 Å². The molecule has 1 atom stereocenters. The quantitative estimate of drug-likeness (QED) is 0.518. The second-order valence-corrected chi connectivity index (χ2v) is 8.07. The van der Waals surface area contributed by atoms with Crippen LogP contribution in [0.5, 0.6) is 5.75 Å². The van der Waals surface area contributed by atoms with Gasteiger partial charge >= 0.3 is 0 Å². The highest BCUT2D eigenvalue weighted by atomic mass is 19.1. The number of carbonyl (C=O) groups excluding carboxylic acids is 1. The Bertz CT molecular complexity index is 1330. The Morgan fingerprint density at radius 3 is 2.87 bits per heavy atom. The third-order valence-corrected chi connectivity index (χ3v) is 6.02. The summed E-state index contributed by atoms with van der Waals surface area (Å²) in [6.45, 7) is 2.19. The number of benzene rings is 2. The molecule has 0 saturated carbocycles. The van der Waals surface area contributed by atoms with Gasteiger partial charge in [-0.2, -0.15) is 0 Å². The monoisotopic (exact) mass is 418 g/mol. The second-order valence-electron chi connectivity index (χ2n) is 8.07. The number of para-hydroxylation sites is 1. The maximum atomic E-state index is 14.3. The van der Waals surface area contributed by atoms with E-state index in [2.05, 4.69) is 18.0 Å². The molecule has 2 aromatic carbocycles. The number of pyridine rings is 1. The van der Waals surface area contributed by atoms with Gasteiger partial charge in [0.2, 0.25) is 5.91 Å². The highest BCUT2D eigenvalue weighted by Crippen LogP contribution is 2.40. The summed E-state index contributed by atoms with van der Waals surface area (Å²) in [6.07, 6.45) is 1.22. The lowest BCUT2D eigenvalue weighted by molar-refractivity contribution is -0.116. The zero-order valence-corrected chi connectivity index (χ0v) is 17.4. The maximum Gasteiger partial charge on any atom is 0.237 e. The van der Waals surface area contributed by atoms with Crippen LogP contribution in [0.3, 0.4) is 0 Å². The van der Waals surface area contributed by atoms with Crippen LogP contribution < -0.4 is 15.4 Å². The number of rotatable bonds is 5. The van der Waals surface area contributed by atoms with Crippen molar-refractivity contribution in [2.45, 2.75) is 25.8 Å². The molecule has 7 heteroatoms. The van der Waals surface area contributed by atoms with Crippen LogP contribution in [0.2, 0.25) is 0 Å². The van der Waals surface area contributed by atoms with Gasteiger partial charge in [-0.05, 0) is 37.1 Å². The number of halogens is 1. The number of primary amides is 1. The van der Waals surface area contributed by atoms with Crippen LogP contribution in [0.1, 0.15) is 23.7 Å². The molecule has 0 aliphatic carbocycles. The first kappa shape index (κ1) is 19.4. The standard InChI is InChI=1S/C24H23FN4O2/c1-13-9-16-22-15-5-3-4-6-18(15)27-23(22)19(28-24(16)29(13)12-21(26)30)11-14-7-8-20(31-2)17(25)10-14/h3-8,10,13,27H,9,11-12H2,1-2H3,(H2,26,30). The lowest BCUT2D eigenvalue weighted by Gasteiger charge is -2.22. The van der Waals surface area contributed by atoms with Crippen LogP contribution in [-0.2, 0) is 17.6 Å². The van der Waals surface area contributed by atoms with E-state index in [1.807, 2.05) is 29.2 Å². The summed E-state index contributed by atoms with van der Waals surface area (Å²) in [5.74, 6) is 0.202. The van der Waals surface area contributed by atoms with E-state index in [1.165, 1.54) is 13.2 Å². The number of fused-ring (bicyclic) bond motifs is 5. The van der Waals surface area contributed by atoms with Crippen molar-refractivity contribution < 1.29 is 13.9 Å². The summed E-state index contributed by atoms with van der Waals surface area (Å²) < 4.78 is 19.3. The number of nitrogens with zero attached hydrogens (tertiary/aromatic N) is 2. The molecule has 0 spiro atoms. The molecule has 1 aliphatic rings. The minimum absolute atomic E-state index is 0.112. The van der Waals surface area contributed by atoms with Gasteiger partial charge in [0.05, 0.1) is 24.9 Å². The van der Waals surface area contributed by atoms with Crippen LogP contribution >= 0.6 is 0 Å². The Hall–Kier alpha value is -3.61. The number of ether oxygens (including phenoxy) is 1. The smallest absolute Gasteiger partial charge is 0.237 e. The van der Waals surface area contributed by atoms with Crippen molar-refractivity contribution in [3.8, 4) is 5.75 Å². The Morgan fingerprint density at radius 1 is 1.32 bits per heavy atom. The van der Waals surface area contributed by atoms with Gasteiger partial charge in [0.25, 0.3) is 0 Å². The molecule has 6 nitrogen and oxygen atoms in total. The molecule has 3 heterocycles.